The number of rotatable bonds is 8. The number of aliphatic hydroxyl groups excluding tert-OH is 1. The second-order valence-electron chi connectivity index (χ2n) is 6.35. The van der Waals surface area contributed by atoms with Crippen LogP contribution in [0, 0.1) is 0 Å². The maximum absolute atomic E-state index is 8.80. The van der Waals surface area contributed by atoms with Gasteiger partial charge in [0.25, 0.3) is 0 Å². The molecule has 0 fully saturated rings. The van der Waals surface area contributed by atoms with E-state index in [1.165, 1.54) is 22.3 Å². The van der Waals surface area contributed by atoms with Gasteiger partial charge in [0.15, 0.2) is 0 Å². The molecule has 0 aromatic heterocycles. The first-order valence-corrected chi connectivity index (χ1v) is 9.00. The van der Waals surface area contributed by atoms with Crippen LogP contribution in [-0.4, -0.2) is 18.3 Å². The third-order valence-corrected chi connectivity index (χ3v) is 4.60. The minimum absolute atomic E-state index is 0.295. The van der Waals surface area contributed by atoms with E-state index in [0.29, 0.717) is 6.61 Å². The number of aliphatic hydroxyl groups is 1. The van der Waals surface area contributed by atoms with E-state index in [2.05, 4.69) is 54.6 Å². The van der Waals surface area contributed by atoms with Gasteiger partial charge in [0.05, 0.1) is 6.61 Å². The summed E-state index contributed by atoms with van der Waals surface area (Å²) in [6, 6.07) is 17.0. The molecule has 0 heterocycles. The van der Waals surface area contributed by atoms with Crippen molar-refractivity contribution in [3.63, 3.8) is 0 Å². The van der Waals surface area contributed by atoms with E-state index >= 15 is 0 Å². The largest absolute Gasteiger partial charge is 0.493 e. The highest BCUT2D eigenvalue weighted by molar-refractivity contribution is 5.85. The number of hydrogen-bond donors (Lipinski definition) is 1. The third-order valence-electron chi connectivity index (χ3n) is 4.60. The molecular formula is C22H26O2. The van der Waals surface area contributed by atoms with E-state index in [1.54, 1.807) is 0 Å². The van der Waals surface area contributed by atoms with Crippen LogP contribution in [0.5, 0.6) is 5.75 Å². The summed E-state index contributed by atoms with van der Waals surface area (Å²) >= 11 is 0. The van der Waals surface area contributed by atoms with Gasteiger partial charge in [-0.25, -0.2) is 0 Å². The van der Waals surface area contributed by atoms with Crippen LogP contribution >= 0.6 is 0 Å². The lowest BCUT2D eigenvalue weighted by atomic mass is 9.88. The summed E-state index contributed by atoms with van der Waals surface area (Å²) in [6.45, 7) is 1.06. The zero-order valence-corrected chi connectivity index (χ0v) is 14.2. The monoisotopic (exact) mass is 322 g/mol. The smallest absolute Gasteiger partial charge is 0.123 e. The van der Waals surface area contributed by atoms with E-state index in [-0.39, 0.29) is 0 Å². The van der Waals surface area contributed by atoms with Crippen LogP contribution in [-0.2, 0) is 6.42 Å². The summed E-state index contributed by atoms with van der Waals surface area (Å²) in [6.07, 6.45) is 8.55. The van der Waals surface area contributed by atoms with Crippen LogP contribution in [0.2, 0.25) is 0 Å². The zero-order valence-electron chi connectivity index (χ0n) is 14.2. The van der Waals surface area contributed by atoms with E-state index in [0.717, 1.165) is 50.9 Å². The van der Waals surface area contributed by atoms with Gasteiger partial charge in [-0.15, -0.1) is 0 Å². The summed E-state index contributed by atoms with van der Waals surface area (Å²) in [5.41, 5.74) is 5.35. The molecule has 0 aliphatic heterocycles. The Hall–Kier alpha value is -2.06. The molecular weight excluding hydrogens is 296 g/mol. The van der Waals surface area contributed by atoms with Crippen molar-refractivity contribution in [3.05, 3.63) is 65.2 Å². The fraction of sp³-hybridized carbons (Fsp3) is 0.364. The molecule has 2 aromatic rings. The lowest BCUT2D eigenvalue weighted by molar-refractivity contribution is 0.273. The first-order valence-electron chi connectivity index (χ1n) is 9.00. The molecule has 3 rings (SSSR count). The Bertz CT molecular complexity index is 674. The zero-order chi connectivity index (χ0) is 16.6. The summed E-state index contributed by atoms with van der Waals surface area (Å²) < 4.78 is 6.03. The van der Waals surface area contributed by atoms with Gasteiger partial charge in [-0.1, -0.05) is 55.0 Å². The number of benzene rings is 2. The third kappa shape index (κ3) is 4.27. The standard InChI is InChI=1S/C22H26O2/c23-15-6-1-2-7-16-24-22-12-8-11-20-17-19(13-14-21(20)22)18-9-4-3-5-10-18/h3-5,8-12,17,23H,1-2,6-7,13-16H2. The molecule has 0 radical (unpaired) electrons. The van der Waals surface area contributed by atoms with Crippen molar-refractivity contribution in [2.24, 2.45) is 0 Å². The number of fused-ring (bicyclic) bond motifs is 1. The summed E-state index contributed by atoms with van der Waals surface area (Å²) in [5, 5.41) is 8.80. The molecule has 24 heavy (non-hydrogen) atoms. The minimum Gasteiger partial charge on any atom is -0.493 e. The first kappa shape index (κ1) is 16.8. The van der Waals surface area contributed by atoms with Crippen molar-refractivity contribution in [1.82, 2.24) is 0 Å². The van der Waals surface area contributed by atoms with Gasteiger partial charge in [0.1, 0.15) is 5.75 Å². The number of hydrogen-bond acceptors (Lipinski definition) is 2. The van der Waals surface area contributed by atoms with Crippen molar-refractivity contribution in [3.8, 4) is 5.75 Å². The molecule has 2 nitrogen and oxygen atoms in total. The van der Waals surface area contributed by atoms with E-state index in [9.17, 15) is 0 Å². The van der Waals surface area contributed by atoms with E-state index < -0.39 is 0 Å². The minimum atomic E-state index is 0.295. The van der Waals surface area contributed by atoms with Gasteiger partial charge >= 0.3 is 0 Å². The molecule has 0 amide bonds. The Kier molecular flexibility index (Phi) is 6.08. The Morgan fingerprint density at radius 2 is 1.67 bits per heavy atom. The van der Waals surface area contributed by atoms with Crippen LogP contribution < -0.4 is 4.74 Å². The predicted molar refractivity (Wildman–Crippen MR) is 100 cm³/mol. The van der Waals surface area contributed by atoms with Crippen molar-refractivity contribution in [1.29, 1.82) is 0 Å². The highest BCUT2D eigenvalue weighted by Crippen LogP contribution is 2.35. The maximum atomic E-state index is 8.80. The Morgan fingerprint density at radius 3 is 2.50 bits per heavy atom. The Labute approximate surface area is 144 Å². The van der Waals surface area contributed by atoms with Crippen LogP contribution in [0.1, 0.15) is 48.8 Å². The summed E-state index contributed by atoms with van der Waals surface area (Å²) in [5.74, 6) is 1.04. The second kappa shape index (κ2) is 8.70. The van der Waals surface area contributed by atoms with Gasteiger partial charge in [-0.2, -0.15) is 0 Å². The van der Waals surface area contributed by atoms with Crippen molar-refractivity contribution in [2.75, 3.05) is 13.2 Å². The van der Waals surface area contributed by atoms with Crippen molar-refractivity contribution in [2.45, 2.75) is 38.5 Å². The lowest BCUT2D eigenvalue weighted by Gasteiger charge is -2.20. The molecule has 0 bridgehead atoms. The van der Waals surface area contributed by atoms with Crippen LogP contribution in [0.15, 0.2) is 48.5 Å². The van der Waals surface area contributed by atoms with Gasteiger partial charge in [0, 0.05) is 12.2 Å². The average molecular weight is 322 g/mol. The molecule has 2 aromatic carbocycles. The Balaban J connectivity index is 1.65. The maximum Gasteiger partial charge on any atom is 0.123 e. The summed E-state index contributed by atoms with van der Waals surface area (Å²) in [7, 11) is 0. The van der Waals surface area contributed by atoms with Crippen molar-refractivity contribution < 1.29 is 9.84 Å². The first-order chi connectivity index (χ1) is 11.9. The quantitative estimate of drug-likeness (QED) is 0.685. The fourth-order valence-corrected chi connectivity index (χ4v) is 3.27. The van der Waals surface area contributed by atoms with Crippen molar-refractivity contribution >= 4 is 11.6 Å². The molecule has 0 unspecified atom stereocenters. The van der Waals surface area contributed by atoms with Gasteiger partial charge < -0.3 is 9.84 Å². The SMILES string of the molecule is OCCCCCCOc1cccc2c1CCC(c1ccccc1)=C2. The molecule has 2 heteroatoms. The molecule has 0 spiro atoms. The molecule has 1 aliphatic rings. The van der Waals surface area contributed by atoms with Crippen LogP contribution in [0.4, 0.5) is 0 Å². The number of allylic oxidation sites excluding steroid dienone is 1. The van der Waals surface area contributed by atoms with Crippen LogP contribution in [0.3, 0.4) is 0 Å². The lowest BCUT2D eigenvalue weighted by Crippen LogP contribution is -2.05. The van der Waals surface area contributed by atoms with Gasteiger partial charge in [-0.3, -0.25) is 0 Å². The molecule has 0 atom stereocenters. The second-order valence-corrected chi connectivity index (χ2v) is 6.35. The van der Waals surface area contributed by atoms with Gasteiger partial charge in [-0.05, 0) is 54.9 Å². The fourth-order valence-electron chi connectivity index (χ4n) is 3.27. The highest BCUT2D eigenvalue weighted by Gasteiger charge is 2.15. The summed E-state index contributed by atoms with van der Waals surface area (Å²) in [4.78, 5) is 0. The average Bonchev–Trinajstić information content (AvgIpc) is 2.65. The van der Waals surface area contributed by atoms with E-state index in [1.807, 2.05) is 0 Å². The topological polar surface area (TPSA) is 29.5 Å². The number of unbranched alkanes of at least 4 members (excludes halogenated alkanes) is 3. The molecule has 1 N–H and O–H groups in total. The molecule has 0 saturated heterocycles. The predicted octanol–water partition coefficient (Wildman–Crippen LogP) is 5.10. The molecule has 0 saturated carbocycles. The normalized spacial score (nSPS) is 13.3. The van der Waals surface area contributed by atoms with Crippen LogP contribution in [0.25, 0.3) is 11.6 Å². The Morgan fingerprint density at radius 1 is 0.833 bits per heavy atom. The number of ether oxygens (including phenoxy) is 1. The highest BCUT2D eigenvalue weighted by atomic mass is 16.5. The molecule has 126 valence electrons. The van der Waals surface area contributed by atoms with Gasteiger partial charge in [0.2, 0.25) is 0 Å². The molecule has 1 aliphatic carbocycles. The van der Waals surface area contributed by atoms with E-state index in [4.69, 9.17) is 9.84 Å².